The van der Waals surface area contributed by atoms with Crippen LogP contribution in [0.1, 0.15) is 10.4 Å². The van der Waals surface area contributed by atoms with Crippen LogP contribution in [-0.4, -0.2) is 25.1 Å². The molecule has 0 N–H and O–H groups in total. The number of hydrogen-bond acceptors (Lipinski definition) is 3. The van der Waals surface area contributed by atoms with Gasteiger partial charge < -0.3 is 9.47 Å². The summed E-state index contributed by atoms with van der Waals surface area (Å²) < 4.78 is 307. The van der Waals surface area contributed by atoms with Crippen LogP contribution in [0.4, 0.5) is 87.8 Å². The lowest BCUT2D eigenvalue weighted by Gasteiger charge is -2.44. The number of carbonyl (C=O) groups excluding carboxylic acids is 1. The fourth-order valence-corrected chi connectivity index (χ4v) is 7.75. The van der Waals surface area contributed by atoms with E-state index >= 15 is 35.1 Å². The number of pyridine rings is 1. The van der Waals surface area contributed by atoms with Gasteiger partial charge in [-0.15, -0.1) is 21.9 Å². The maximum atomic E-state index is 15.4. The van der Waals surface area contributed by atoms with Crippen molar-refractivity contribution < 1.29 is 107 Å². The molecule has 0 spiro atoms. The summed E-state index contributed by atoms with van der Waals surface area (Å²) in [7, 11) is 0. The number of nitrogens with zero attached hydrogens (tertiary/aromatic N) is 1. The molecule has 7 aromatic rings. The molecule has 0 saturated carbocycles. The number of rotatable bonds is 7. The third kappa shape index (κ3) is 7.37. The average Bonchev–Trinajstić information content (AvgIpc) is 3.55. The molecule has 1 aliphatic rings. The summed E-state index contributed by atoms with van der Waals surface area (Å²) in [5.74, 6) is -69.7. The summed E-state index contributed by atoms with van der Waals surface area (Å²) in [5.41, 5.74) is -12.7. The first kappa shape index (κ1) is 48.6. The van der Waals surface area contributed by atoms with Gasteiger partial charge in [-0.3, -0.25) is 4.79 Å². The predicted octanol–water partition coefficient (Wildman–Crippen LogP) is 8.63. The van der Waals surface area contributed by atoms with E-state index in [1.165, 1.54) is 0 Å². The van der Waals surface area contributed by atoms with Crippen LogP contribution in [0, 0.1) is 116 Å². The van der Waals surface area contributed by atoms with Crippen molar-refractivity contribution in [3.05, 3.63) is 183 Å². The molecule has 1 aromatic heterocycles. The Balaban J connectivity index is 0.000000246. The third-order valence-electron chi connectivity index (χ3n) is 10.7. The second-order valence-electron chi connectivity index (χ2n) is 14.2. The quantitative estimate of drug-likeness (QED) is 0.0402. The number of Topliss-reactive ketones (excluding diaryl/α,β-unsaturated/α-hetero) is 1. The van der Waals surface area contributed by atoms with E-state index in [9.17, 15) is 57.5 Å². The summed E-state index contributed by atoms with van der Waals surface area (Å²) in [6, 6.07) is 17.1. The van der Waals surface area contributed by atoms with Gasteiger partial charge in [0, 0.05) is 17.7 Å². The Morgan fingerprint density at radius 2 is 0.706 bits per heavy atom. The fraction of sp³-hybridized carbons (Fsp3) is 0.0698. The van der Waals surface area contributed by atoms with E-state index in [2.05, 4.69) is 0 Å². The van der Waals surface area contributed by atoms with Gasteiger partial charge in [-0.25, -0.2) is 87.8 Å². The number of halogens is 20. The zero-order valence-corrected chi connectivity index (χ0v) is 32.7. The van der Waals surface area contributed by atoms with Gasteiger partial charge in [-0.05, 0) is 6.07 Å². The first-order chi connectivity index (χ1) is 32.0. The molecule has 0 saturated heterocycles. The van der Waals surface area contributed by atoms with E-state index in [0.29, 0.717) is 18.8 Å². The molecule has 68 heavy (non-hydrogen) atoms. The van der Waals surface area contributed by atoms with Crippen molar-refractivity contribution in [1.29, 1.82) is 0 Å². The minimum atomic E-state index is -7.22. The van der Waals surface area contributed by atoms with Crippen molar-refractivity contribution >= 4 is 44.7 Å². The molecular formula is C43H16BF20NO3. The van der Waals surface area contributed by atoms with Gasteiger partial charge in [0.25, 0.3) is 0 Å². The van der Waals surface area contributed by atoms with Gasteiger partial charge >= 0.3 is 0 Å². The van der Waals surface area contributed by atoms with Crippen LogP contribution in [0.15, 0.2) is 60.8 Å². The second kappa shape index (κ2) is 18.0. The summed E-state index contributed by atoms with van der Waals surface area (Å²) in [4.78, 5) is 12.5. The number of hydrogen-bond donors (Lipinski definition) is 0. The SMILES string of the molecule is Fc1c(F)c(F)c([B-](c2c(F)c(F)c(F)c(F)c2F)(c2c(F)c(F)c(F)c(F)c2F)c2c(F)c(F)c(F)c(F)c2F)c(F)c1F.O=C(C[n+]1ccc2c3c(cccc31)OCCO2)c1ccccc1. The molecule has 0 amide bonds. The molecule has 2 heterocycles. The van der Waals surface area contributed by atoms with Crippen molar-refractivity contribution in [3.8, 4) is 11.5 Å². The molecule has 0 bridgehead atoms. The Bertz CT molecular complexity index is 2850. The number of carbonyl (C=O) groups is 1. The molecule has 0 fully saturated rings. The number of ketones is 1. The average molecular weight is 985 g/mol. The molecule has 0 radical (unpaired) electrons. The highest BCUT2D eigenvalue weighted by atomic mass is 19.2. The van der Waals surface area contributed by atoms with Crippen molar-refractivity contribution in [2.45, 2.75) is 6.54 Å². The van der Waals surface area contributed by atoms with Crippen molar-refractivity contribution in [1.82, 2.24) is 0 Å². The minimum absolute atomic E-state index is 0.0757. The summed E-state index contributed by atoms with van der Waals surface area (Å²) in [6.07, 6.45) is -5.32. The Labute approximate surface area is 365 Å². The van der Waals surface area contributed by atoms with Crippen LogP contribution in [0.5, 0.6) is 11.5 Å². The molecule has 6 aromatic carbocycles. The molecular weight excluding hydrogens is 969 g/mol. The molecule has 8 rings (SSSR count). The van der Waals surface area contributed by atoms with Gasteiger partial charge in [-0.2, -0.15) is 4.57 Å². The van der Waals surface area contributed by atoms with Crippen LogP contribution >= 0.6 is 0 Å². The van der Waals surface area contributed by atoms with Gasteiger partial charge in [0.2, 0.25) is 17.8 Å². The van der Waals surface area contributed by atoms with Gasteiger partial charge in [-0.1, -0.05) is 36.4 Å². The molecule has 4 nitrogen and oxygen atoms in total. The molecule has 1 aliphatic heterocycles. The van der Waals surface area contributed by atoms with Crippen LogP contribution < -0.4 is 35.9 Å². The van der Waals surface area contributed by atoms with Crippen molar-refractivity contribution in [2.24, 2.45) is 0 Å². The zero-order valence-electron chi connectivity index (χ0n) is 32.7. The maximum Gasteiger partial charge on any atom is 0.227 e. The lowest BCUT2D eigenvalue weighted by Crippen LogP contribution is -2.81. The largest absolute Gasteiger partial charge is 0.489 e. The van der Waals surface area contributed by atoms with Crippen LogP contribution in [0.2, 0.25) is 0 Å². The second-order valence-corrected chi connectivity index (χ2v) is 14.2. The summed E-state index contributed by atoms with van der Waals surface area (Å²) >= 11 is 0. The fourth-order valence-electron chi connectivity index (χ4n) is 7.75. The van der Waals surface area contributed by atoms with Crippen LogP contribution in [0.25, 0.3) is 10.9 Å². The Morgan fingerprint density at radius 1 is 0.397 bits per heavy atom. The molecule has 25 heteroatoms. The first-order valence-corrected chi connectivity index (χ1v) is 18.6. The lowest BCUT2D eigenvalue weighted by atomic mass is 9.12. The minimum Gasteiger partial charge on any atom is -0.489 e. The first-order valence-electron chi connectivity index (χ1n) is 18.6. The van der Waals surface area contributed by atoms with E-state index in [4.69, 9.17) is 9.47 Å². The smallest absolute Gasteiger partial charge is 0.227 e. The molecule has 0 aliphatic carbocycles. The zero-order chi connectivity index (χ0) is 50.0. The van der Waals surface area contributed by atoms with E-state index in [0.717, 1.165) is 22.4 Å². The van der Waals surface area contributed by atoms with Gasteiger partial charge in [0.1, 0.15) is 82.8 Å². The Hall–Kier alpha value is -7.34. The Kier molecular flexibility index (Phi) is 12.9. The van der Waals surface area contributed by atoms with E-state index in [1.807, 2.05) is 65.4 Å². The molecule has 354 valence electrons. The number of aromatic nitrogens is 1. The normalized spacial score (nSPS) is 12.4. The topological polar surface area (TPSA) is 39.4 Å². The number of ether oxygens (including phenoxy) is 2. The highest BCUT2D eigenvalue weighted by Gasteiger charge is 2.52. The van der Waals surface area contributed by atoms with Crippen LogP contribution in [-0.2, 0) is 6.54 Å². The van der Waals surface area contributed by atoms with Crippen molar-refractivity contribution in [2.75, 3.05) is 13.2 Å². The number of benzene rings is 6. The standard InChI is InChI=1S/C24BF20.C19H16NO3/c26-5-1(6(27)14(35)21(42)13(5)34)25(2-7(28)15(36)22(43)16(37)8(2)29,3-9(30)17(38)23(44)18(39)10(3)31)4-11(32)19(40)24(45)20(41)12(4)33;21-16(14-5-2-1-3-6-14)13-20-10-9-18-19-15(20)7-4-8-17(19)22-11-12-23-18/h;1-10H,11-13H2/q-1;+1. The lowest BCUT2D eigenvalue weighted by molar-refractivity contribution is -0.657. The molecule has 0 atom stereocenters. The van der Waals surface area contributed by atoms with E-state index in [-0.39, 0.29) is 12.3 Å². The summed E-state index contributed by atoms with van der Waals surface area (Å²) in [5, 5.41) is 0.924. The monoisotopic (exact) mass is 985 g/mol. The maximum absolute atomic E-state index is 15.4. The van der Waals surface area contributed by atoms with Gasteiger partial charge in [0.15, 0.2) is 76.0 Å². The van der Waals surface area contributed by atoms with Crippen LogP contribution in [0.3, 0.4) is 0 Å². The highest BCUT2D eigenvalue weighted by molar-refractivity contribution is 7.20. The third-order valence-corrected chi connectivity index (χ3v) is 10.7. The van der Waals surface area contributed by atoms with Gasteiger partial charge in [0.05, 0.1) is 0 Å². The summed E-state index contributed by atoms with van der Waals surface area (Å²) in [6.45, 7) is 1.33. The van der Waals surface area contributed by atoms with Crippen molar-refractivity contribution in [3.63, 3.8) is 0 Å². The predicted molar refractivity (Wildman–Crippen MR) is 195 cm³/mol. The Morgan fingerprint density at radius 3 is 1.04 bits per heavy atom. The van der Waals surface area contributed by atoms with E-state index in [1.54, 1.807) is 0 Å². The van der Waals surface area contributed by atoms with E-state index < -0.39 is 144 Å². The highest BCUT2D eigenvalue weighted by Crippen LogP contribution is 2.34. The molecule has 0 unspecified atom stereocenters.